The lowest BCUT2D eigenvalue weighted by Crippen LogP contribution is -2.55. The molecule has 1 saturated heterocycles. The van der Waals surface area contributed by atoms with Gasteiger partial charge in [-0.3, -0.25) is 4.79 Å². The zero-order valence-electron chi connectivity index (χ0n) is 15.7. The second-order valence-electron chi connectivity index (χ2n) is 6.43. The number of aromatic amines is 1. The summed E-state index contributed by atoms with van der Waals surface area (Å²) in [4.78, 5) is 36.7. The van der Waals surface area contributed by atoms with Gasteiger partial charge in [0.1, 0.15) is 11.6 Å². The lowest BCUT2D eigenvalue weighted by atomic mass is 10.0. The molecule has 0 saturated carbocycles. The highest BCUT2D eigenvalue weighted by atomic mass is 35.5. The van der Waals surface area contributed by atoms with Gasteiger partial charge < -0.3 is 25.0 Å². The summed E-state index contributed by atoms with van der Waals surface area (Å²) in [6.45, 7) is 2.02. The molecule has 158 valence electrons. The van der Waals surface area contributed by atoms with Crippen molar-refractivity contribution in [3.8, 4) is 0 Å². The highest BCUT2D eigenvalue weighted by Crippen LogP contribution is 2.27. The molecule has 1 amide bonds. The smallest absolute Gasteiger partial charge is 0.347 e. The highest BCUT2D eigenvalue weighted by molar-refractivity contribution is 7.17. The summed E-state index contributed by atoms with van der Waals surface area (Å²) in [6.07, 6.45) is 1.95. The van der Waals surface area contributed by atoms with E-state index in [-0.39, 0.29) is 28.5 Å². The van der Waals surface area contributed by atoms with Gasteiger partial charge in [0, 0.05) is 13.1 Å². The molecule has 1 aliphatic rings. The number of hydrogen-bond donors (Lipinski definition) is 3. The highest BCUT2D eigenvalue weighted by Gasteiger charge is 2.33. The molecule has 0 bridgehead atoms. The van der Waals surface area contributed by atoms with Crippen LogP contribution in [0.1, 0.15) is 39.3 Å². The van der Waals surface area contributed by atoms with E-state index in [1.165, 1.54) is 6.20 Å². The lowest BCUT2D eigenvalue weighted by Gasteiger charge is -2.38. The molecule has 3 rings (SSSR count). The molecule has 29 heavy (non-hydrogen) atoms. The van der Waals surface area contributed by atoms with Gasteiger partial charge in [0.05, 0.1) is 30.6 Å². The third kappa shape index (κ3) is 5.03. The van der Waals surface area contributed by atoms with Crippen LogP contribution >= 0.6 is 22.9 Å². The number of rotatable bonds is 8. The van der Waals surface area contributed by atoms with Gasteiger partial charge in [0.15, 0.2) is 16.1 Å². The van der Waals surface area contributed by atoms with Crippen LogP contribution in [0.25, 0.3) is 0 Å². The summed E-state index contributed by atoms with van der Waals surface area (Å²) in [5, 5.41) is 12.8. The van der Waals surface area contributed by atoms with Crippen molar-refractivity contribution in [2.75, 3.05) is 31.3 Å². The number of nitrogens with one attached hydrogen (secondary N) is 2. The van der Waals surface area contributed by atoms with Gasteiger partial charge in [0.2, 0.25) is 0 Å². The largest absolute Gasteiger partial charge is 0.477 e. The number of carboxylic acids is 1. The number of piperidine rings is 1. The van der Waals surface area contributed by atoms with Crippen molar-refractivity contribution < 1.29 is 23.8 Å². The van der Waals surface area contributed by atoms with Crippen LogP contribution in [0, 0.1) is 0 Å². The van der Waals surface area contributed by atoms with E-state index in [4.69, 9.17) is 21.4 Å². The SMILES string of the molecule is CCc1[nH]c(C(=O)NC2CCN(c3ncc(C(=O)O)s3)CC2OCCF)nc1Cl. The van der Waals surface area contributed by atoms with Crippen molar-refractivity contribution in [3.05, 3.63) is 27.7 Å². The van der Waals surface area contributed by atoms with Crippen molar-refractivity contribution >= 4 is 39.9 Å². The summed E-state index contributed by atoms with van der Waals surface area (Å²) >= 11 is 7.06. The normalized spacial score (nSPS) is 19.3. The summed E-state index contributed by atoms with van der Waals surface area (Å²) in [6, 6.07) is -0.363. The Morgan fingerprint density at radius 1 is 1.55 bits per heavy atom. The quantitative estimate of drug-likeness (QED) is 0.569. The average molecular weight is 446 g/mol. The van der Waals surface area contributed by atoms with E-state index in [1.807, 2.05) is 11.8 Å². The van der Waals surface area contributed by atoms with E-state index in [1.54, 1.807) is 0 Å². The standard InChI is InChI=1S/C17H21ClFN5O4S/c1-2-9-13(18)23-14(21-9)15(25)22-10-3-5-24(8-11(10)28-6-4-19)17-20-7-12(29-17)16(26)27/h7,10-11H,2-6,8H2,1H3,(H,21,23)(H,22,25)(H,26,27). The van der Waals surface area contributed by atoms with Crippen molar-refractivity contribution in [2.24, 2.45) is 0 Å². The van der Waals surface area contributed by atoms with Gasteiger partial charge >= 0.3 is 5.97 Å². The number of thiazole rings is 1. The number of carboxylic acid groups (broad SMARTS) is 1. The average Bonchev–Trinajstić information content (AvgIpc) is 3.34. The van der Waals surface area contributed by atoms with Crippen LogP contribution in [-0.2, 0) is 11.2 Å². The molecule has 2 aromatic heterocycles. The Morgan fingerprint density at radius 2 is 2.34 bits per heavy atom. The van der Waals surface area contributed by atoms with Crippen molar-refractivity contribution in [1.29, 1.82) is 0 Å². The number of ether oxygens (including phenoxy) is 1. The first-order valence-electron chi connectivity index (χ1n) is 9.09. The number of aromatic carboxylic acids is 1. The number of hydrogen-bond acceptors (Lipinski definition) is 7. The van der Waals surface area contributed by atoms with Crippen LogP contribution in [0.5, 0.6) is 0 Å². The van der Waals surface area contributed by atoms with E-state index in [0.29, 0.717) is 36.8 Å². The molecule has 12 heteroatoms. The Labute approximate surface area is 175 Å². The molecule has 3 heterocycles. The second-order valence-corrected chi connectivity index (χ2v) is 7.80. The Kier molecular flexibility index (Phi) is 7.04. The predicted molar refractivity (Wildman–Crippen MR) is 106 cm³/mol. The minimum absolute atomic E-state index is 0.102. The van der Waals surface area contributed by atoms with Crippen LogP contribution in [-0.4, -0.2) is 70.5 Å². The van der Waals surface area contributed by atoms with Crippen LogP contribution < -0.4 is 10.2 Å². The fraction of sp³-hybridized carbons (Fsp3) is 0.529. The first-order chi connectivity index (χ1) is 13.9. The molecule has 0 aliphatic carbocycles. The number of carbonyl (C=O) groups is 2. The monoisotopic (exact) mass is 445 g/mol. The molecule has 2 aromatic rings. The number of carbonyl (C=O) groups excluding carboxylic acids is 1. The van der Waals surface area contributed by atoms with Crippen molar-refractivity contribution in [2.45, 2.75) is 31.9 Å². The Bertz CT molecular complexity index is 876. The van der Waals surface area contributed by atoms with Gasteiger partial charge in [-0.2, -0.15) is 0 Å². The van der Waals surface area contributed by atoms with Crippen LogP contribution in [0.15, 0.2) is 6.20 Å². The van der Waals surface area contributed by atoms with E-state index in [2.05, 4.69) is 20.3 Å². The molecule has 9 nitrogen and oxygen atoms in total. The lowest BCUT2D eigenvalue weighted by molar-refractivity contribution is 0.0140. The maximum atomic E-state index is 12.7. The number of aryl methyl sites for hydroxylation is 1. The van der Waals surface area contributed by atoms with E-state index < -0.39 is 24.7 Å². The summed E-state index contributed by atoms with van der Waals surface area (Å²) in [7, 11) is 0. The second kappa shape index (κ2) is 9.51. The molecular formula is C17H21ClFN5O4S. The maximum absolute atomic E-state index is 12.7. The third-order valence-corrected chi connectivity index (χ3v) is 5.92. The first kappa shape index (κ1) is 21.5. The zero-order chi connectivity index (χ0) is 21.0. The maximum Gasteiger partial charge on any atom is 0.347 e. The number of alkyl halides is 1. The molecule has 2 atom stereocenters. The minimum Gasteiger partial charge on any atom is -0.477 e. The van der Waals surface area contributed by atoms with Crippen LogP contribution in [0.4, 0.5) is 9.52 Å². The molecule has 2 unspecified atom stereocenters. The van der Waals surface area contributed by atoms with Gasteiger partial charge in [-0.25, -0.2) is 19.2 Å². The fourth-order valence-corrected chi connectivity index (χ4v) is 4.15. The first-order valence-corrected chi connectivity index (χ1v) is 10.3. The number of H-pyrrole nitrogens is 1. The predicted octanol–water partition coefficient (Wildman–Crippen LogP) is 2.14. The molecule has 0 spiro atoms. The zero-order valence-corrected chi connectivity index (χ0v) is 17.2. The van der Waals surface area contributed by atoms with Gasteiger partial charge in [0.25, 0.3) is 5.91 Å². The van der Waals surface area contributed by atoms with E-state index >= 15 is 0 Å². The number of nitrogens with zero attached hydrogens (tertiary/aromatic N) is 3. The molecule has 0 aromatic carbocycles. The molecule has 1 fully saturated rings. The fourth-order valence-electron chi connectivity index (χ4n) is 3.10. The number of aromatic nitrogens is 3. The van der Waals surface area contributed by atoms with Gasteiger partial charge in [-0.15, -0.1) is 0 Å². The van der Waals surface area contributed by atoms with E-state index in [9.17, 15) is 14.0 Å². The minimum atomic E-state index is -1.04. The van der Waals surface area contributed by atoms with E-state index in [0.717, 1.165) is 11.3 Å². The number of anilines is 1. The third-order valence-electron chi connectivity index (χ3n) is 4.56. The van der Waals surface area contributed by atoms with Crippen LogP contribution in [0.2, 0.25) is 5.15 Å². The summed E-state index contributed by atoms with van der Waals surface area (Å²) in [5.74, 6) is -1.34. The molecular weight excluding hydrogens is 425 g/mol. The number of halogens is 2. The molecule has 1 aliphatic heterocycles. The van der Waals surface area contributed by atoms with Gasteiger partial charge in [-0.1, -0.05) is 29.9 Å². The molecule has 3 N–H and O–H groups in total. The van der Waals surface area contributed by atoms with Crippen molar-refractivity contribution in [3.63, 3.8) is 0 Å². The Balaban J connectivity index is 1.69. The topological polar surface area (TPSA) is 120 Å². The van der Waals surface area contributed by atoms with Gasteiger partial charge in [-0.05, 0) is 12.8 Å². The number of amides is 1. The Hall–Kier alpha value is -2.24. The Morgan fingerprint density at radius 3 is 2.97 bits per heavy atom. The van der Waals surface area contributed by atoms with Crippen LogP contribution in [0.3, 0.4) is 0 Å². The summed E-state index contributed by atoms with van der Waals surface area (Å²) < 4.78 is 18.3. The number of imidazole rings is 1. The molecule has 0 radical (unpaired) electrons. The van der Waals surface area contributed by atoms with Crippen molar-refractivity contribution in [1.82, 2.24) is 20.3 Å². The summed E-state index contributed by atoms with van der Waals surface area (Å²) in [5.41, 5.74) is 0.676.